The molecule has 5 nitrogen and oxygen atoms in total. The Bertz CT molecular complexity index is 778. The summed E-state index contributed by atoms with van der Waals surface area (Å²) in [6.45, 7) is 1.12. The first kappa shape index (κ1) is 13.7. The highest BCUT2D eigenvalue weighted by molar-refractivity contribution is 6.31. The molecule has 3 rings (SSSR count). The standard InChI is InChI=1S/C15H14ClN3O2/c16-12-1-2-14-13(7-12)11(8-18-6-4-17-10-18)9-19(14)5-3-15(20)21/h1-2,4,6-7,9-10H,3,5,8H2,(H,20,21). The zero-order valence-electron chi connectivity index (χ0n) is 11.2. The highest BCUT2D eigenvalue weighted by Gasteiger charge is 2.10. The number of nitrogens with zero attached hydrogens (tertiary/aromatic N) is 3. The minimum Gasteiger partial charge on any atom is -0.481 e. The molecule has 0 saturated heterocycles. The Morgan fingerprint density at radius 2 is 2.24 bits per heavy atom. The summed E-state index contributed by atoms with van der Waals surface area (Å²) in [4.78, 5) is 14.8. The van der Waals surface area contributed by atoms with E-state index in [1.165, 1.54) is 0 Å². The summed E-state index contributed by atoms with van der Waals surface area (Å²) in [7, 11) is 0. The maximum atomic E-state index is 10.8. The average Bonchev–Trinajstić information content (AvgIpc) is 3.05. The number of carboxylic acid groups (broad SMARTS) is 1. The van der Waals surface area contributed by atoms with Crippen LogP contribution in [0.1, 0.15) is 12.0 Å². The Morgan fingerprint density at radius 1 is 1.38 bits per heavy atom. The summed E-state index contributed by atoms with van der Waals surface area (Å²) in [6.07, 6.45) is 7.47. The van der Waals surface area contributed by atoms with Gasteiger partial charge in [0.25, 0.3) is 0 Å². The predicted molar refractivity (Wildman–Crippen MR) is 80.5 cm³/mol. The zero-order chi connectivity index (χ0) is 14.8. The molecule has 2 aromatic heterocycles. The maximum absolute atomic E-state index is 10.8. The van der Waals surface area contributed by atoms with Crippen LogP contribution in [-0.4, -0.2) is 25.2 Å². The zero-order valence-corrected chi connectivity index (χ0v) is 12.0. The fourth-order valence-electron chi connectivity index (χ4n) is 2.45. The molecule has 1 aromatic carbocycles. The van der Waals surface area contributed by atoms with E-state index in [1.54, 1.807) is 12.5 Å². The number of aromatic nitrogens is 3. The minimum absolute atomic E-state index is 0.0942. The molecular formula is C15H14ClN3O2. The van der Waals surface area contributed by atoms with Crippen molar-refractivity contribution in [3.05, 3.63) is 53.7 Å². The quantitative estimate of drug-likeness (QED) is 0.788. The van der Waals surface area contributed by atoms with Gasteiger partial charge >= 0.3 is 5.97 Å². The Labute approximate surface area is 126 Å². The lowest BCUT2D eigenvalue weighted by molar-refractivity contribution is -0.137. The predicted octanol–water partition coefficient (Wildman–Crippen LogP) is 3.01. The van der Waals surface area contributed by atoms with Crippen molar-refractivity contribution in [3.63, 3.8) is 0 Å². The van der Waals surface area contributed by atoms with Gasteiger partial charge in [0, 0.05) is 41.1 Å². The Hall–Kier alpha value is -2.27. The fraction of sp³-hybridized carbons (Fsp3) is 0.200. The molecule has 0 aliphatic rings. The number of benzene rings is 1. The summed E-state index contributed by atoms with van der Waals surface area (Å²) in [5.74, 6) is -0.804. The molecule has 0 bridgehead atoms. The number of imidazole rings is 1. The van der Waals surface area contributed by atoms with Gasteiger partial charge in [-0.05, 0) is 23.8 Å². The van der Waals surface area contributed by atoms with Gasteiger partial charge in [-0.25, -0.2) is 4.98 Å². The second-order valence-corrected chi connectivity index (χ2v) is 5.32. The normalized spacial score (nSPS) is 11.1. The molecule has 1 N–H and O–H groups in total. The van der Waals surface area contributed by atoms with Crippen LogP contribution in [-0.2, 0) is 17.9 Å². The number of carboxylic acids is 1. The third kappa shape index (κ3) is 2.92. The summed E-state index contributed by atoms with van der Waals surface area (Å²) in [5.41, 5.74) is 2.09. The van der Waals surface area contributed by atoms with Gasteiger partial charge in [-0.3, -0.25) is 4.79 Å². The molecule has 0 fully saturated rings. The van der Waals surface area contributed by atoms with E-state index in [9.17, 15) is 4.79 Å². The third-order valence-electron chi connectivity index (χ3n) is 3.40. The molecule has 0 spiro atoms. The van der Waals surface area contributed by atoms with Crippen molar-refractivity contribution in [1.82, 2.24) is 14.1 Å². The first-order valence-corrected chi connectivity index (χ1v) is 6.96. The van der Waals surface area contributed by atoms with Gasteiger partial charge in [-0.2, -0.15) is 0 Å². The van der Waals surface area contributed by atoms with E-state index >= 15 is 0 Å². The fourth-order valence-corrected chi connectivity index (χ4v) is 2.62. The monoisotopic (exact) mass is 303 g/mol. The van der Waals surface area contributed by atoms with Crippen molar-refractivity contribution in [2.24, 2.45) is 0 Å². The molecule has 108 valence electrons. The number of hydrogen-bond donors (Lipinski definition) is 1. The van der Waals surface area contributed by atoms with E-state index in [4.69, 9.17) is 16.7 Å². The van der Waals surface area contributed by atoms with Crippen LogP contribution in [0.15, 0.2) is 43.1 Å². The average molecular weight is 304 g/mol. The van der Waals surface area contributed by atoms with Crippen LogP contribution in [0.5, 0.6) is 0 Å². The number of rotatable bonds is 5. The van der Waals surface area contributed by atoms with Gasteiger partial charge in [0.1, 0.15) is 0 Å². The molecule has 0 aliphatic carbocycles. The number of fused-ring (bicyclic) bond motifs is 1. The highest BCUT2D eigenvalue weighted by atomic mass is 35.5. The van der Waals surface area contributed by atoms with E-state index in [0.29, 0.717) is 18.1 Å². The molecule has 0 saturated carbocycles. The Morgan fingerprint density at radius 3 is 2.95 bits per heavy atom. The highest BCUT2D eigenvalue weighted by Crippen LogP contribution is 2.26. The number of carbonyl (C=O) groups is 1. The number of halogens is 1. The van der Waals surface area contributed by atoms with Crippen LogP contribution in [0.25, 0.3) is 10.9 Å². The van der Waals surface area contributed by atoms with Crippen molar-refractivity contribution < 1.29 is 9.90 Å². The van der Waals surface area contributed by atoms with Gasteiger partial charge in [0.05, 0.1) is 19.3 Å². The first-order chi connectivity index (χ1) is 10.1. The Kier molecular flexibility index (Phi) is 3.66. The molecule has 6 heteroatoms. The summed E-state index contributed by atoms with van der Waals surface area (Å²) >= 11 is 6.09. The molecule has 0 atom stereocenters. The van der Waals surface area contributed by atoms with E-state index in [1.807, 2.05) is 39.7 Å². The van der Waals surface area contributed by atoms with Gasteiger partial charge < -0.3 is 14.2 Å². The van der Waals surface area contributed by atoms with Crippen molar-refractivity contribution in [2.45, 2.75) is 19.5 Å². The van der Waals surface area contributed by atoms with E-state index in [-0.39, 0.29) is 6.42 Å². The minimum atomic E-state index is -0.804. The third-order valence-corrected chi connectivity index (χ3v) is 3.64. The van der Waals surface area contributed by atoms with Crippen LogP contribution in [0.4, 0.5) is 0 Å². The number of aliphatic carboxylic acids is 1. The van der Waals surface area contributed by atoms with Crippen LogP contribution in [0.2, 0.25) is 5.02 Å². The molecule has 0 unspecified atom stereocenters. The summed E-state index contributed by atoms with van der Waals surface area (Å²) < 4.78 is 3.93. The van der Waals surface area contributed by atoms with E-state index in [2.05, 4.69) is 4.98 Å². The largest absolute Gasteiger partial charge is 0.481 e. The van der Waals surface area contributed by atoms with Crippen molar-refractivity contribution in [3.8, 4) is 0 Å². The van der Waals surface area contributed by atoms with Crippen molar-refractivity contribution >= 4 is 28.5 Å². The SMILES string of the molecule is O=C(O)CCn1cc(Cn2ccnc2)c2cc(Cl)ccc21. The van der Waals surface area contributed by atoms with Crippen LogP contribution in [0.3, 0.4) is 0 Å². The van der Waals surface area contributed by atoms with Gasteiger partial charge in [-0.1, -0.05) is 11.6 Å². The smallest absolute Gasteiger partial charge is 0.305 e. The van der Waals surface area contributed by atoms with Crippen molar-refractivity contribution in [1.29, 1.82) is 0 Å². The van der Waals surface area contributed by atoms with Gasteiger partial charge in [0.15, 0.2) is 0 Å². The van der Waals surface area contributed by atoms with Crippen LogP contribution in [0, 0.1) is 0 Å². The van der Waals surface area contributed by atoms with Gasteiger partial charge in [0.2, 0.25) is 0 Å². The number of aryl methyl sites for hydroxylation is 1. The number of hydrogen-bond acceptors (Lipinski definition) is 2. The van der Waals surface area contributed by atoms with Crippen LogP contribution >= 0.6 is 11.6 Å². The van der Waals surface area contributed by atoms with Crippen molar-refractivity contribution in [2.75, 3.05) is 0 Å². The second kappa shape index (κ2) is 5.61. The van der Waals surface area contributed by atoms with Crippen LogP contribution < -0.4 is 0 Å². The first-order valence-electron chi connectivity index (χ1n) is 6.58. The summed E-state index contributed by atoms with van der Waals surface area (Å²) in [5, 5.41) is 10.6. The lowest BCUT2D eigenvalue weighted by atomic mass is 10.2. The second-order valence-electron chi connectivity index (χ2n) is 4.89. The molecule has 0 radical (unpaired) electrons. The molecule has 2 heterocycles. The molecule has 0 amide bonds. The summed E-state index contributed by atoms with van der Waals surface area (Å²) in [6, 6.07) is 5.67. The van der Waals surface area contributed by atoms with E-state index < -0.39 is 5.97 Å². The molecule has 21 heavy (non-hydrogen) atoms. The molecular weight excluding hydrogens is 290 g/mol. The molecule has 0 aliphatic heterocycles. The lowest BCUT2D eigenvalue weighted by Crippen LogP contribution is -2.03. The maximum Gasteiger partial charge on any atom is 0.305 e. The topological polar surface area (TPSA) is 60.0 Å². The lowest BCUT2D eigenvalue weighted by Gasteiger charge is -2.02. The molecule has 3 aromatic rings. The Balaban J connectivity index is 2.01. The van der Waals surface area contributed by atoms with E-state index in [0.717, 1.165) is 16.5 Å². The van der Waals surface area contributed by atoms with Gasteiger partial charge in [-0.15, -0.1) is 0 Å².